The van der Waals surface area contributed by atoms with Gasteiger partial charge in [0, 0.05) is 15.8 Å². The maximum atomic E-state index is 13.0. The SMILES string of the molecule is Cc1nc(SCC(=O)c2ccc(F)cc2)c2c3c(sc2n1)CCCC3. The van der Waals surface area contributed by atoms with Gasteiger partial charge >= 0.3 is 0 Å². The molecule has 2 aromatic heterocycles. The third-order valence-corrected chi connectivity index (χ3v) is 6.56. The molecule has 4 rings (SSSR count). The summed E-state index contributed by atoms with van der Waals surface area (Å²) in [6.45, 7) is 1.89. The van der Waals surface area contributed by atoms with E-state index in [9.17, 15) is 9.18 Å². The molecule has 0 spiro atoms. The van der Waals surface area contributed by atoms with Gasteiger partial charge in [0.1, 0.15) is 21.5 Å². The van der Waals surface area contributed by atoms with Crippen LogP contribution in [0.25, 0.3) is 10.2 Å². The molecule has 0 radical (unpaired) electrons. The van der Waals surface area contributed by atoms with Gasteiger partial charge in [-0.25, -0.2) is 14.4 Å². The van der Waals surface area contributed by atoms with Crippen molar-refractivity contribution in [3.63, 3.8) is 0 Å². The second-order valence-corrected chi connectivity index (χ2v) is 8.23. The number of thioether (sulfide) groups is 1. The summed E-state index contributed by atoms with van der Waals surface area (Å²) in [6, 6.07) is 5.71. The molecule has 0 bridgehead atoms. The number of hydrogen-bond acceptors (Lipinski definition) is 5. The lowest BCUT2D eigenvalue weighted by molar-refractivity contribution is 0.102. The van der Waals surface area contributed by atoms with Crippen LogP contribution in [0.4, 0.5) is 4.39 Å². The molecule has 1 aromatic carbocycles. The number of benzene rings is 1. The lowest BCUT2D eigenvalue weighted by atomic mass is 9.97. The van der Waals surface area contributed by atoms with Crippen molar-refractivity contribution >= 4 is 39.1 Å². The minimum atomic E-state index is -0.331. The van der Waals surface area contributed by atoms with Gasteiger partial charge in [0.2, 0.25) is 0 Å². The number of carbonyl (C=O) groups is 1. The van der Waals surface area contributed by atoms with Gasteiger partial charge in [0.15, 0.2) is 5.78 Å². The van der Waals surface area contributed by atoms with E-state index in [-0.39, 0.29) is 11.6 Å². The highest BCUT2D eigenvalue weighted by molar-refractivity contribution is 8.00. The summed E-state index contributed by atoms with van der Waals surface area (Å²) < 4.78 is 13.0. The fraction of sp³-hybridized carbons (Fsp3) is 0.316. The number of aryl methyl sites for hydroxylation is 3. The molecular weight excluding hydrogens is 355 g/mol. The topological polar surface area (TPSA) is 42.9 Å². The molecule has 2 heterocycles. The van der Waals surface area contributed by atoms with Crippen molar-refractivity contribution in [2.45, 2.75) is 37.6 Å². The molecule has 128 valence electrons. The Balaban J connectivity index is 1.63. The molecule has 3 aromatic rings. The first-order valence-electron chi connectivity index (χ1n) is 8.32. The molecule has 0 N–H and O–H groups in total. The van der Waals surface area contributed by atoms with Gasteiger partial charge in [0.25, 0.3) is 0 Å². The number of halogens is 1. The monoisotopic (exact) mass is 372 g/mol. The van der Waals surface area contributed by atoms with Crippen molar-refractivity contribution < 1.29 is 9.18 Å². The van der Waals surface area contributed by atoms with Gasteiger partial charge in [-0.15, -0.1) is 11.3 Å². The van der Waals surface area contributed by atoms with E-state index in [0.717, 1.165) is 33.9 Å². The minimum absolute atomic E-state index is 0.0153. The quantitative estimate of drug-likeness (QED) is 0.367. The third kappa shape index (κ3) is 3.33. The van der Waals surface area contributed by atoms with E-state index in [0.29, 0.717) is 11.3 Å². The predicted octanol–water partition coefficient (Wildman–Crippen LogP) is 4.99. The number of aromatic nitrogens is 2. The molecule has 0 amide bonds. The average Bonchev–Trinajstić information content (AvgIpc) is 2.98. The number of hydrogen-bond donors (Lipinski definition) is 0. The van der Waals surface area contributed by atoms with E-state index in [1.54, 1.807) is 11.3 Å². The Morgan fingerprint density at radius 3 is 2.76 bits per heavy atom. The van der Waals surface area contributed by atoms with Gasteiger partial charge in [-0.05, 0) is 62.4 Å². The Kier molecular flexibility index (Phi) is 4.56. The molecule has 3 nitrogen and oxygen atoms in total. The summed E-state index contributed by atoms with van der Waals surface area (Å²) in [6.07, 6.45) is 4.62. The molecule has 0 fully saturated rings. The molecule has 1 aliphatic rings. The van der Waals surface area contributed by atoms with Crippen molar-refractivity contribution in [2.75, 3.05) is 5.75 Å². The average molecular weight is 372 g/mol. The highest BCUT2D eigenvalue weighted by Gasteiger charge is 2.21. The highest BCUT2D eigenvalue weighted by atomic mass is 32.2. The summed E-state index contributed by atoms with van der Waals surface area (Å²) in [5, 5.41) is 2.04. The van der Waals surface area contributed by atoms with Crippen LogP contribution < -0.4 is 0 Å². The van der Waals surface area contributed by atoms with Crippen LogP contribution >= 0.6 is 23.1 Å². The van der Waals surface area contributed by atoms with Crippen LogP contribution in [0.5, 0.6) is 0 Å². The molecule has 0 unspecified atom stereocenters. The molecule has 0 aliphatic heterocycles. The first kappa shape index (κ1) is 16.7. The summed E-state index contributed by atoms with van der Waals surface area (Å²) in [7, 11) is 0. The number of ketones is 1. The van der Waals surface area contributed by atoms with Gasteiger partial charge in [0.05, 0.1) is 5.75 Å². The molecule has 6 heteroatoms. The largest absolute Gasteiger partial charge is 0.293 e. The molecular formula is C19H17FN2OS2. The maximum Gasteiger partial charge on any atom is 0.173 e. The van der Waals surface area contributed by atoms with E-state index >= 15 is 0 Å². The van der Waals surface area contributed by atoms with Crippen molar-refractivity contribution in [2.24, 2.45) is 0 Å². The Labute approximate surface area is 153 Å². The van der Waals surface area contributed by atoms with Crippen molar-refractivity contribution in [1.82, 2.24) is 9.97 Å². The second-order valence-electron chi connectivity index (χ2n) is 6.19. The maximum absolute atomic E-state index is 13.0. The number of Topliss-reactive ketones (excluding diaryl/α,β-unsaturated/α-hetero) is 1. The standard InChI is InChI=1S/C19H17FN2OS2/c1-11-21-18(24-10-15(23)12-6-8-13(20)9-7-12)17-14-4-2-3-5-16(14)25-19(17)22-11/h6-9H,2-5,10H2,1H3. The predicted molar refractivity (Wildman–Crippen MR) is 100 cm³/mol. The lowest BCUT2D eigenvalue weighted by Gasteiger charge is -2.11. The van der Waals surface area contributed by atoms with Crippen molar-refractivity contribution in [3.8, 4) is 0 Å². The van der Waals surface area contributed by atoms with E-state index in [2.05, 4.69) is 9.97 Å². The number of rotatable bonds is 4. The first-order chi connectivity index (χ1) is 12.1. The minimum Gasteiger partial charge on any atom is -0.293 e. The fourth-order valence-corrected chi connectivity index (χ4v) is 5.55. The molecule has 25 heavy (non-hydrogen) atoms. The number of thiophene rings is 1. The fourth-order valence-electron chi connectivity index (χ4n) is 3.18. The summed E-state index contributed by atoms with van der Waals surface area (Å²) >= 11 is 3.23. The highest BCUT2D eigenvalue weighted by Crippen LogP contribution is 2.39. The van der Waals surface area contributed by atoms with Crippen molar-refractivity contribution in [1.29, 1.82) is 0 Å². The Bertz CT molecular complexity index is 950. The zero-order valence-corrected chi connectivity index (χ0v) is 15.5. The van der Waals surface area contributed by atoms with Crippen LogP contribution in [0.1, 0.15) is 39.5 Å². The zero-order valence-electron chi connectivity index (χ0n) is 13.8. The summed E-state index contributed by atoms with van der Waals surface area (Å²) in [5.41, 5.74) is 1.91. The van der Waals surface area contributed by atoms with Gasteiger partial charge < -0.3 is 0 Å². The van der Waals surface area contributed by atoms with E-state index in [4.69, 9.17) is 0 Å². The molecule has 0 saturated carbocycles. The normalized spacial score (nSPS) is 13.8. The van der Waals surface area contributed by atoms with Crippen LogP contribution in [0.3, 0.4) is 0 Å². The summed E-state index contributed by atoms with van der Waals surface area (Å²) in [4.78, 5) is 24.1. The van der Waals surface area contributed by atoms with Crippen LogP contribution in [-0.2, 0) is 12.8 Å². The van der Waals surface area contributed by atoms with E-state index in [1.165, 1.54) is 59.3 Å². The van der Waals surface area contributed by atoms with Crippen LogP contribution in [0, 0.1) is 12.7 Å². The molecule has 1 aliphatic carbocycles. The Morgan fingerprint density at radius 1 is 1.20 bits per heavy atom. The summed E-state index contributed by atoms with van der Waals surface area (Å²) in [5.74, 6) is 0.686. The Hall–Kier alpha value is -1.79. The second kappa shape index (κ2) is 6.84. The third-order valence-electron chi connectivity index (χ3n) is 4.40. The van der Waals surface area contributed by atoms with E-state index in [1.807, 2.05) is 6.92 Å². The smallest absolute Gasteiger partial charge is 0.173 e. The Morgan fingerprint density at radius 2 is 1.96 bits per heavy atom. The van der Waals surface area contributed by atoms with Crippen LogP contribution in [0.15, 0.2) is 29.3 Å². The van der Waals surface area contributed by atoms with Gasteiger partial charge in [-0.1, -0.05) is 11.8 Å². The molecule has 0 saturated heterocycles. The molecule has 0 atom stereocenters. The van der Waals surface area contributed by atoms with Gasteiger partial charge in [-0.2, -0.15) is 0 Å². The van der Waals surface area contributed by atoms with Crippen molar-refractivity contribution in [3.05, 3.63) is 51.9 Å². The van der Waals surface area contributed by atoms with Crippen LogP contribution in [0.2, 0.25) is 0 Å². The number of carbonyl (C=O) groups excluding carboxylic acids is 1. The number of nitrogens with zero attached hydrogens (tertiary/aromatic N) is 2. The first-order valence-corrected chi connectivity index (χ1v) is 10.1. The zero-order chi connectivity index (χ0) is 17.4. The van der Waals surface area contributed by atoms with E-state index < -0.39 is 0 Å². The lowest BCUT2D eigenvalue weighted by Crippen LogP contribution is -2.04. The van der Waals surface area contributed by atoms with Crippen LogP contribution in [-0.4, -0.2) is 21.5 Å². The number of fused-ring (bicyclic) bond motifs is 3. The van der Waals surface area contributed by atoms with Gasteiger partial charge in [-0.3, -0.25) is 4.79 Å².